The fourth-order valence-corrected chi connectivity index (χ4v) is 5.25. The molecule has 2 aromatic rings. The fraction of sp³-hybridized carbons (Fsp3) is 0.435. The van der Waals surface area contributed by atoms with Crippen molar-refractivity contribution >= 4 is 15.9 Å². The zero-order valence-electron chi connectivity index (χ0n) is 18.1. The molecule has 0 saturated heterocycles. The van der Waals surface area contributed by atoms with E-state index in [1.165, 1.54) is 0 Å². The molecular weight excluding hydrogens is 457 g/mol. The van der Waals surface area contributed by atoms with Crippen LogP contribution in [0.15, 0.2) is 59.5 Å². The summed E-state index contributed by atoms with van der Waals surface area (Å²) in [5.41, 5.74) is 0.0286. The van der Waals surface area contributed by atoms with Crippen molar-refractivity contribution in [3.8, 4) is 0 Å². The Bertz CT molecular complexity index is 1020. The smallest absolute Gasteiger partial charge is 0.382 e. The van der Waals surface area contributed by atoms with Gasteiger partial charge in [-0.15, -0.1) is 0 Å². The van der Waals surface area contributed by atoms with Gasteiger partial charge in [0.1, 0.15) is 0 Å². The highest BCUT2D eigenvalue weighted by Gasteiger charge is 2.32. The number of halogens is 3. The van der Waals surface area contributed by atoms with Crippen molar-refractivity contribution in [1.82, 2.24) is 10.0 Å². The zero-order valence-corrected chi connectivity index (χ0v) is 19.0. The van der Waals surface area contributed by atoms with Crippen molar-refractivity contribution in [2.45, 2.75) is 48.8 Å². The number of amides is 1. The highest BCUT2D eigenvalue weighted by atomic mass is 32.2. The van der Waals surface area contributed by atoms with E-state index in [0.717, 1.165) is 29.8 Å². The van der Waals surface area contributed by atoms with Crippen LogP contribution in [0.3, 0.4) is 0 Å². The molecule has 0 heterocycles. The summed E-state index contributed by atoms with van der Waals surface area (Å²) < 4.78 is 71.0. The van der Waals surface area contributed by atoms with E-state index in [1.54, 1.807) is 7.11 Å². The van der Waals surface area contributed by atoms with Gasteiger partial charge in [0.2, 0.25) is 15.9 Å². The molecule has 10 heteroatoms. The van der Waals surface area contributed by atoms with E-state index < -0.39 is 21.8 Å². The van der Waals surface area contributed by atoms with Gasteiger partial charge in [-0.05, 0) is 55.5 Å². The molecule has 1 aliphatic rings. The normalized spacial score (nSPS) is 20.2. The van der Waals surface area contributed by atoms with Crippen LogP contribution in [-0.2, 0) is 25.7 Å². The van der Waals surface area contributed by atoms with Crippen LogP contribution in [0.2, 0.25) is 0 Å². The highest BCUT2D eigenvalue weighted by molar-refractivity contribution is 7.89. The lowest BCUT2D eigenvalue weighted by Crippen LogP contribution is -2.42. The monoisotopic (exact) mass is 484 g/mol. The molecule has 1 fully saturated rings. The van der Waals surface area contributed by atoms with Crippen LogP contribution >= 0.6 is 0 Å². The molecule has 0 radical (unpaired) electrons. The molecule has 6 nitrogen and oxygen atoms in total. The molecule has 0 bridgehead atoms. The first kappa shape index (κ1) is 25.2. The molecule has 33 heavy (non-hydrogen) atoms. The Morgan fingerprint density at radius 3 is 2.18 bits per heavy atom. The van der Waals surface area contributed by atoms with E-state index in [4.69, 9.17) is 4.74 Å². The summed E-state index contributed by atoms with van der Waals surface area (Å²) in [6.45, 7) is 0.331. The molecule has 1 unspecified atom stereocenters. The minimum absolute atomic E-state index is 0.107. The number of nitrogens with one attached hydrogen (secondary N) is 2. The second kappa shape index (κ2) is 10.7. The van der Waals surface area contributed by atoms with E-state index in [-0.39, 0.29) is 28.8 Å². The number of benzene rings is 2. The molecule has 2 aromatic carbocycles. The topological polar surface area (TPSA) is 84.5 Å². The van der Waals surface area contributed by atoms with Gasteiger partial charge in [0, 0.05) is 19.1 Å². The Kier molecular flexibility index (Phi) is 8.14. The summed E-state index contributed by atoms with van der Waals surface area (Å²) in [6, 6.07) is 12.2. The number of ether oxygens (including phenoxy) is 1. The Hall–Kier alpha value is -2.43. The fourth-order valence-electron chi connectivity index (χ4n) is 3.95. The minimum atomic E-state index is -4.53. The molecular formula is C23H27F3N2O4S. The first-order chi connectivity index (χ1) is 15.6. The quantitative estimate of drug-likeness (QED) is 0.592. The van der Waals surface area contributed by atoms with Crippen molar-refractivity contribution in [2.75, 3.05) is 13.7 Å². The van der Waals surface area contributed by atoms with Gasteiger partial charge in [-0.3, -0.25) is 4.79 Å². The van der Waals surface area contributed by atoms with Crippen molar-refractivity contribution in [3.63, 3.8) is 0 Å². The number of hydrogen-bond acceptors (Lipinski definition) is 4. The van der Waals surface area contributed by atoms with Crippen molar-refractivity contribution in [3.05, 3.63) is 65.7 Å². The SMILES string of the molecule is COCC(NC(=O)C1CCC(NS(=O)(=O)c2ccc(C(F)(F)F)cc2)CC1)c1ccccc1. The lowest BCUT2D eigenvalue weighted by molar-refractivity contribution is -0.137. The van der Waals surface area contributed by atoms with Crippen LogP contribution in [0.1, 0.15) is 42.9 Å². The van der Waals surface area contributed by atoms with Crippen molar-refractivity contribution in [2.24, 2.45) is 5.92 Å². The molecule has 0 aliphatic heterocycles. The Morgan fingerprint density at radius 1 is 1.03 bits per heavy atom. The van der Waals surface area contributed by atoms with Crippen LogP contribution in [0.25, 0.3) is 0 Å². The maximum Gasteiger partial charge on any atom is 0.416 e. The van der Waals surface area contributed by atoms with E-state index in [0.29, 0.717) is 32.3 Å². The van der Waals surface area contributed by atoms with Crippen molar-refractivity contribution in [1.29, 1.82) is 0 Å². The minimum Gasteiger partial charge on any atom is -0.382 e. The summed E-state index contributed by atoms with van der Waals surface area (Å²) in [5, 5.41) is 3.02. The first-order valence-corrected chi connectivity index (χ1v) is 12.1. The maximum absolute atomic E-state index is 12.8. The van der Waals surface area contributed by atoms with E-state index in [1.807, 2.05) is 30.3 Å². The Labute approximate surface area is 191 Å². The van der Waals surface area contributed by atoms with Gasteiger partial charge < -0.3 is 10.1 Å². The molecule has 1 atom stereocenters. The van der Waals surface area contributed by atoms with Crippen LogP contribution in [-0.4, -0.2) is 34.1 Å². The van der Waals surface area contributed by atoms with Crippen LogP contribution in [0.4, 0.5) is 13.2 Å². The van der Waals surface area contributed by atoms with Gasteiger partial charge in [0.05, 0.1) is 23.1 Å². The van der Waals surface area contributed by atoms with Crippen molar-refractivity contribution < 1.29 is 31.1 Å². The summed E-state index contributed by atoms with van der Waals surface area (Å²) >= 11 is 0. The van der Waals surface area contributed by atoms with Gasteiger partial charge in [-0.25, -0.2) is 13.1 Å². The Balaban J connectivity index is 1.55. The lowest BCUT2D eigenvalue weighted by atomic mass is 9.85. The summed E-state index contributed by atoms with van der Waals surface area (Å²) in [6.07, 6.45) is -2.62. The molecule has 0 aromatic heterocycles. The average Bonchev–Trinajstić information content (AvgIpc) is 2.79. The number of rotatable bonds is 8. The molecule has 180 valence electrons. The lowest BCUT2D eigenvalue weighted by Gasteiger charge is -2.29. The summed E-state index contributed by atoms with van der Waals surface area (Å²) in [4.78, 5) is 12.6. The van der Waals surface area contributed by atoms with Crippen LogP contribution in [0, 0.1) is 5.92 Å². The molecule has 0 spiro atoms. The number of alkyl halides is 3. The van der Waals surface area contributed by atoms with Crippen LogP contribution in [0.5, 0.6) is 0 Å². The first-order valence-electron chi connectivity index (χ1n) is 10.6. The average molecular weight is 485 g/mol. The van der Waals surface area contributed by atoms with E-state index in [9.17, 15) is 26.4 Å². The molecule has 1 saturated carbocycles. The molecule has 2 N–H and O–H groups in total. The zero-order chi connectivity index (χ0) is 24.1. The number of methoxy groups -OCH3 is 1. The second-order valence-corrected chi connectivity index (χ2v) is 9.83. The van der Waals surface area contributed by atoms with Gasteiger partial charge >= 0.3 is 6.18 Å². The van der Waals surface area contributed by atoms with E-state index >= 15 is 0 Å². The third kappa shape index (κ3) is 6.78. The predicted octanol–water partition coefficient (Wildman–Crippen LogP) is 4.05. The molecule has 1 aliphatic carbocycles. The Morgan fingerprint density at radius 2 is 1.64 bits per heavy atom. The highest BCUT2D eigenvalue weighted by Crippen LogP contribution is 2.30. The largest absolute Gasteiger partial charge is 0.416 e. The third-order valence-corrected chi connectivity index (χ3v) is 7.30. The number of hydrogen-bond donors (Lipinski definition) is 2. The van der Waals surface area contributed by atoms with Crippen LogP contribution < -0.4 is 10.0 Å². The van der Waals surface area contributed by atoms with Gasteiger partial charge in [0.15, 0.2) is 0 Å². The van der Waals surface area contributed by atoms with Gasteiger partial charge in [0.25, 0.3) is 0 Å². The number of carbonyl (C=O) groups excluding carboxylic acids is 1. The number of sulfonamides is 1. The summed E-state index contributed by atoms with van der Waals surface area (Å²) in [5.74, 6) is -0.357. The third-order valence-electron chi connectivity index (χ3n) is 5.76. The molecule has 3 rings (SSSR count). The second-order valence-electron chi connectivity index (χ2n) is 8.12. The summed E-state index contributed by atoms with van der Waals surface area (Å²) in [7, 11) is -2.39. The van der Waals surface area contributed by atoms with E-state index in [2.05, 4.69) is 10.0 Å². The molecule has 1 amide bonds. The number of carbonyl (C=O) groups is 1. The van der Waals surface area contributed by atoms with Gasteiger partial charge in [-0.1, -0.05) is 30.3 Å². The van der Waals surface area contributed by atoms with Gasteiger partial charge in [-0.2, -0.15) is 13.2 Å². The predicted molar refractivity (Wildman–Crippen MR) is 117 cm³/mol. The maximum atomic E-state index is 12.8. The standard InChI is InChI=1S/C23H27F3N2O4S/c1-32-15-21(16-5-3-2-4-6-16)27-22(29)17-7-11-19(12-8-17)28-33(30,31)20-13-9-18(10-14-20)23(24,25)26/h2-6,9-10,13-14,17,19,21,28H,7-8,11-12,15H2,1H3,(H,27,29).